The van der Waals surface area contributed by atoms with Crippen LogP contribution in [0.4, 0.5) is 0 Å². The van der Waals surface area contributed by atoms with Crippen molar-refractivity contribution in [2.45, 2.75) is 62.0 Å². The second kappa shape index (κ2) is 13.6. The Morgan fingerprint density at radius 3 is 1.48 bits per heavy atom. The van der Waals surface area contributed by atoms with E-state index in [-0.39, 0.29) is 0 Å². The Labute approximate surface area is 172 Å². The molecule has 0 N–H and O–H groups in total. The Balaban J connectivity index is 1.45. The normalized spacial score (nSPS) is 10.7. The van der Waals surface area contributed by atoms with Crippen LogP contribution in [0.15, 0.2) is 61.7 Å². The van der Waals surface area contributed by atoms with Crippen molar-refractivity contribution in [3.63, 3.8) is 0 Å². The van der Waals surface area contributed by atoms with Crippen molar-refractivity contribution in [1.29, 1.82) is 0 Å². The summed E-state index contributed by atoms with van der Waals surface area (Å²) in [7, 11) is 0. The number of benzene rings is 2. The van der Waals surface area contributed by atoms with Crippen LogP contribution < -0.4 is 0 Å². The van der Waals surface area contributed by atoms with Crippen LogP contribution in [0.25, 0.3) is 12.2 Å². The molecular formula is C26H34Se. The molecule has 0 saturated heterocycles. The predicted octanol–water partition coefficient (Wildman–Crippen LogP) is 7.64. The van der Waals surface area contributed by atoms with Gasteiger partial charge in [-0.3, -0.25) is 0 Å². The summed E-state index contributed by atoms with van der Waals surface area (Å²) in [4.78, 5) is 0. The van der Waals surface area contributed by atoms with E-state index >= 15 is 0 Å². The Kier molecular flexibility index (Phi) is 10.9. The van der Waals surface area contributed by atoms with Crippen LogP contribution in [0.3, 0.4) is 0 Å². The van der Waals surface area contributed by atoms with E-state index in [4.69, 9.17) is 0 Å². The topological polar surface area (TPSA) is 0 Å². The van der Waals surface area contributed by atoms with E-state index in [1.807, 2.05) is 12.2 Å². The molecule has 0 heterocycles. The van der Waals surface area contributed by atoms with E-state index in [0.29, 0.717) is 0 Å². The molecule has 0 unspecified atom stereocenters. The van der Waals surface area contributed by atoms with Gasteiger partial charge in [0.2, 0.25) is 0 Å². The zero-order chi connectivity index (χ0) is 19.2. The van der Waals surface area contributed by atoms with Gasteiger partial charge in [0, 0.05) is 0 Å². The SMILES string of the molecule is C=Cc1ccccc1CCCCC[Se]CCCCCc1ccccc1C=C. The third-order valence-corrected chi connectivity index (χ3v) is 7.44. The van der Waals surface area contributed by atoms with Gasteiger partial charge in [0.25, 0.3) is 0 Å². The third kappa shape index (κ3) is 8.33. The van der Waals surface area contributed by atoms with Gasteiger partial charge in [0.1, 0.15) is 0 Å². The maximum absolute atomic E-state index is 3.91. The van der Waals surface area contributed by atoms with Crippen LogP contribution >= 0.6 is 0 Å². The molecule has 27 heavy (non-hydrogen) atoms. The molecule has 0 aromatic heterocycles. The fourth-order valence-electron chi connectivity index (χ4n) is 3.42. The fourth-order valence-corrected chi connectivity index (χ4v) is 5.56. The molecule has 0 nitrogen and oxygen atoms in total. The molecule has 0 atom stereocenters. The van der Waals surface area contributed by atoms with E-state index in [2.05, 4.69) is 61.7 Å². The Morgan fingerprint density at radius 2 is 1.04 bits per heavy atom. The van der Waals surface area contributed by atoms with Gasteiger partial charge in [-0.25, -0.2) is 0 Å². The molecule has 0 bridgehead atoms. The fraction of sp³-hybridized carbons (Fsp3) is 0.385. The van der Waals surface area contributed by atoms with Crippen LogP contribution in [-0.2, 0) is 12.8 Å². The monoisotopic (exact) mass is 426 g/mol. The quantitative estimate of drug-likeness (QED) is 0.215. The number of unbranched alkanes of at least 4 members (excludes halogenated alkanes) is 4. The maximum atomic E-state index is 3.91. The van der Waals surface area contributed by atoms with Crippen LogP contribution in [0.2, 0.25) is 10.6 Å². The molecule has 1 heteroatoms. The molecule has 0 amide bonds. The average Bonchev–Trinajstić information content (AvgIpc) is 2.72. The number of rotatable bonds is 14. The van der Waals surface area contributed by atoms with E-state index in [9.17, 15) is 0 Å². The van der Waals surface area contributed by atoms with E-state index in [1.165, 1.54) is 84.3 Å². The van der Waals surface area contributed by atoms with Crippen molar-refractivity contribution < 1.29 is 0 Å². The van der Waals surface area contributed by atoms with Gasteiger partial charge in [-0.1, -0.05) is 0 Å². The van der Waals surface area contributed by atoms with Gasteiger partial charge < -0.3 is 0 Å². The first-order valence-electron chi connectivity index (χ1n) is 10.3. The molecular weight excluding hydrogens is 391 g/mol. The first kappa shape index (κ1) is 21.7. The summed E-state index contributed by atoms with van der Waals surface area (Å²) in [5, 5.41) is 2.91. The Hall–Kier alpha value is -1.56. The van der Waals surface area contributed by atoms with Crippen LogP contribution in [0, 0.1) is 0 Å². The minimum atomic E-state index is 0.845. The van der Waals surface area contributed by atoms with Gasteiger partial charge in [0.15, 0.2) is 0 Å². The van der Waals surface area contributed by atoms with E-state index < -0.39 is 0 Å². The van der Waals surface area contributed by atoms with Crippen molar-refractivity contribution in [1.82, 2.24) is 0 Å². The summed E-state index contributed by atoms with van der Waals surface area (Å²) in [5.74, 6) is 0. The first-order chi connectivity index (χ1) is 13.3. The Morgan fingerprint density at radius 1 is 0.593 bits per heavy atom. The van der Waals surface area contributed by atoms with Crippen molar-refractivity contribution in [2.24, 2.45) is 0 Å². The molecule has 2 aromatic carbocycles. The summed E-state index contributed by atoms with van der Waals surface area (Å²) in [6, 6.07) is 17.3. The van der Waals surface area contributed by atoms with E-state index in [1.54, 1.807) is 0 Å². The van der Waals surface area contributed by atoms with Crippen molar-refractivity contribution in [2.75, 3.05) is 0 Å². The molecule has 0 aliphatic heterocycles. The van der Waals surface area contributed by atoms with Crippen molar-refractivity contribution in [3.05, 3.63) is 83.9 Å². The minimum absolute atomic E-state index is 0.845. The summed E-state index contributed by atoms with van der Waals surface area (Å²) >= 11 is 0.845. The Bertz CT molecular complexity index is 627. The second-order valence-corrected chi connectivity index (χ2v) is 9.61. The van der Waals surface area contributed by atoms with Crippen LogP contribution in [-0.4, -0.2) is 15.0 Å². The van der Waals surface area contributed by atoms with Crippen molar-refractivity contribution >= 4 is 27.1 Å². The van der Waals surface area contributed by atoms with Crippen molar-refractivity contribution in [3.8, 4) is 0 Å². The zero-order valence-electron chi connectivity index (χ0n) is 16.7. The van der Waals surface area contributed by atoms with Crippen LogP contribution in [0.5, 0.6) is 0 Å². The van der Waals surface area contributed by atoms with Gasteiger partial charge in [0.05, 0.1) is 0 Å². The van der Waals surface area contributed by atoms with Gasteiger partial charge >= 0.3 is 173 Å². The third-order valence-electron chi connectivity index (χ3n) is 5.02. The number of hydrogen-bond donors (Lipinski definition) is 0. The zero-order valence-corrected chi connectivity index (χ0v) is 18.4. The van der Waals surface area contributed by atoms with Gasteiger partial charge in [-0.2, -0.15) is 0 Å². The standard InChI is InChI=1S/C26H34Se/c1-3-23-15-9-11-19-25(23)17-7-5-13-21-27-22-14-6-8-18-26-20-12-10-16-24(26)4-2/h3-4,9-12,15-16,19-20H,1-2,5-8,13-14,17-18,21-22H2. The second-order valence-electron chi connectivity index (χ2n) is 7.04. The van der Waals surface area contributed by atoms with Crippen LogP contribution in [0.1, 0.15) is 60.8 Å². The molecule has 0 fully saturated rings. The number of aryl methyl sites for hydroxylation is 2. The van der Waals surface area contributed by atoms with Gasteiger partial charge in [-0.05, 0) is 0 Å². The molecule has 0 aliphatic rings. The summed E-state index contributed by atoms with van der Waals surface area (Å²) in [6.07, 6.45) is 14.5. The molecule has 0 radical (unpaired) electrons. The summed E-state index contributed by atoms with van der Waals surface area (Å²) in [6.45, 7) is 7.83. The molecule has 0 aliphatic carbocycles. The molecule has 2 aromatic rings. The van der Waals surface area contributed by atoms with Gasteiger partial charge in [-0.15, -0.1) is 0 Å². The molecule has 144 valence electrons. The number of hydrogen-bond acceptors (Lipinski definition) is 0. The summed E-state index contributed by atoms with van der Waals surface area (Å²) < 4.78 is 0. The summed E-state index contributed by atoms with van der Waals surface area (Å²) in [5.41, 5.74) is 5.52. The molecule has 2 rings (SSSR count). The van der Waals surface area contributed by atoms with E-state index in [0.717, 1.165) is 15.0 Å². The average molecular weight is 426 g/mol. The molecule has 0 saturated carbocycles. The molecule has 0 spiro atoms. The first-order valence-corrected chi connectivity index (χ1v) is 12.8. The predicted molar refractivity (Wildman–Crippen MR) is 124 cm³/mol.